The van der Waals surface area contributed by atoms with E-state index in [9.17, 15) is 13.2 Å². The van der Waals surface area contributed by atoms with Crippen molar-refractivity contribution in [1.29, 1.82) is 0 Å². The molecule has 0 unspecified atom stereocenters. The number of hydrogen-bond donors (Lipinski definition) is 2. The third kappa shape index (κ3) is 2.80. The van der Waals surface area contributed by atoms with Gasteiger partial charge in [-0.1, -0.05) is 30.3 Å². The number of carboxylic acid groups (broad SMARTS) is 1. The lowest BCUT2D eigenvalue weighted by Crippen LogP contribution is -2.16. The van der Waals surface area contributed by atoms with Crippen molar-refractivity contribution in [3.63, 3.8) is 0 Å². The van der Waals surface area contributed by atoms with E-state index >= 15 is 0 Å². The van der Waals surface area contributed by atoms with Crippen LogP contribution in [-0.2, 0) is 10.0 Å². The van der Waals surface area contributed by atoms with E-state index in [1.807, 2.05) is 0 Å². The van der Waals surface area contributed by atoms with E-state index in [1.165, 1.54) is 18.2 Å². The number of aromatic carboxylic acids is 1. The number of para-hydroxylation sites is 1. The van der Waals surface area contributed by atoms with Crippen LogP contribution < -0.4 is 4.72 Å². The number of carboxylic acids is 1. The second kappa shape index (κ2) is 5.34. The predicted molar refractivity (Wildman–Crippen MR) is 75.4 cm³/mol. The Kier molecular flexibility index (Phi) is 3.76. The summed E-state index contributed by atoms with van der Waals surface area (Å²) in [5.41, 5.74) is 0.553. The molecular formula is C14H13NO4S. The van der Waals surface area contributed by atoms with Crippen molar-refractivity contribution in [1.82, 2.24) is 0 Å². The molecule has 2 aromatic rings. The first kappa shape index (κ1) is 14.1. The molecule has 0 aliphatic carbocycles. The lowest BCUT2D eigenvalue weighted by molar-refractivity contribution is 0.0698. The maximum atomic E-state index is 12.2. The fraction of sp³-hybridized carbons (Fsp3) is 0.0714. The van der Waals surface area contributed by atoms with Crippen LogP contribution in [0.3, 0.4) is 0 Å². The Morgan fingerprint density at radius 3 is 2.30 bits per heavy atom. The minimum atomic E-state index is -3.81. The van der Waals surface area contributed by atoms with E-state index in [4.69, 9.17) is 5.11 Å². The lowest BCUT2D eigenvalue weighted by Gasteiger charge is -2.13. The molecule has 0 aromatic heterocycles. The summed E-state index contributed by atoms with van der Waals surface area (Å²) in [7, 11) is -3.81. The molecule has 0 aliphatic rings. The molecule has 0 heterocycles. The average molecular weight is 291 g/mol. The van der Waals surface area contributed by atoms with E-state index in [-0.39, 0.29) is 16.1 Å². The van der Waals surface area contributed by atoms with E-state index in [0.29, 0.717) is 5.56 Å². The van der Waals surface area contributed by atoms with Crippen LogP contribution >= 0.6 is 0 Å². The summed E-state index contributed by atoms with van der Waals surface area (Å²) >= 11 is 0. The van der Waals surface area contributed by atoms with Crippen molar-refractivity contribution < 1.29 is 18.3 Å². The first-order chi connectivity index (χ1) is 9.42. The van der Waals surface area contributed by atoms with E-state index in [1.54, 1.807) is 37.3 Å². The highest BCUT2D eigenvalue weighted by Crippen LogP contribution is 2.24. The molecule has 0 saturated heterocycles. The van der Waals surface area contributed by atoms with Crippen LogP contribution in [-0.4, -0.2) is 19.5 Å². The van der Waals surface area contributed by atoms with Crippen LogP contribution in [0.2, 0.25) is 0 Å². The van der Waals surface area contributed by atoms with Crippen LogP contribution in [0.4, 0.5) is 5.69 Å². The molecule has 0 aliphatic heterocycles. The van der Waals surface area contributed by atoms with Gasteiger partial charge in [-0.15, -0.1) is 0 Å². The topological polar surface area (TPSA) is 83.5 Å². The Balaban J connectivity index is 2.48. The van der Waals surface area contributed by atoms with E-state index in [2.05, 4.69) is 4.72 Å². The summed E-state index contributed by atoms with van der Waals surface area (Å²) in [6.45, 7) is 1.65. The van der Waals surface area contributed by atoms with Gasteiger partial charge in [0.15, 0.2) is 0 Å². The highest BCUT2D eigenvalue weighted by Gasteiger charge is 2.19. The highest BCUT2D eigenvalue weighted by atomic mass is 32.2. The molecule has 2 aromatic carbocycles. The van der Waals surface area contributed by atoms with Gasteiger partial charge in [-0.25, -0.2) is 13.2 Å². The number of rotatable bonds is 4. The number of hydrogen-bond acceptors (Lipinski definition) is 3. The predicted octanol–water partition coefficient (Wildman–Crippen LogP) is 2.49. The van der Waals surface area contributed by atoms with E-state index in [0.717, 1.165) is 0 Å². The van der Waals surface area contributed by atoms with Gasteiger partial charge in [-0.3, -0.25) is 4.72 Å². The number of sulfonamides is 1. The summed E-state index contributed by atoms with van der Waals surface area (Å²) in [6, 6.07) is 12.4. The number of nitrogens with one attached hydrogen (secondary N) is 1. The lowest BCUT2D eigenvalue weighted by atomic mass is 10.1. The Labute approximate surface area is 116 Å². The van der Waals surface area contributed by atoms with Gasteiger partial charge in [0.1, 0.15) is 0 Å². The molecule has 0 spiro atoms. The van der Waals surface area contributed by atoms with Gasteiger partial charge in [0, 0.05) is 0 Å². The monoisotopic (exact) mass is 291 g/mol. The molecule has 0 amide bonds. The van der Waals surface area contributed by atoms with Gasteiger partial charge in [-0.2, -0.15) is 0 Å². The molecule has 104 valence electrons. The molecule has 2 rings (SSSR count). The molecule has 2 N–H and O–H groups in total. The van der Waals surface area contributed by atoms with Crippen LogP contribution in [0.5, 0.6) is 0 Å². The fourth-order valence-corrected chi connectivity index (χ4v) is 2.95. The van der Waals surface area contributed by atoms with Gasteiger partial charge < -0.3 is 5.11 Å². The number of carbonyl (C=O) groups is 1. The third-order valence-corrected chi connectivity index (χ3v) is 4.16. The molecule has 0 bridgehead atoms. The molecule has 0 saturated carbocycles. The van der Waals surface area contributed by atoms with Crippen LogP contribution in [0, 0.1) is 6.92 Å². The van der Waals surface area contributed by atoms with Gasteiger partial charge in [-0.05, 0) is 30.7 Å². The summed E-state index contributed by atoms with van der Waals surface area (Å²) in [5, 5.41) is 9.12. The van der Waals surface area contributed by atoms with Gasteiger partial charge in [0.2, 0.25) is 0 Å². The molecule has 5 nitrogen and oxygen atoms in total. The SMILES string of the molecule is Cc1cccc(C(=O)O)c1NS(=O)(=O)c1ccccc1. The Morgan fingerprint density at radius 2 is 1.70 bits per heavy atom. The maximum Gasteiger partial charge on any atom is 0.337 e. The highest BCUT2D eigenvalue weighted by molar-refractivity contribution is 7.92. The average Bonchev–Trinajstić information content (AvgIpc) is 2.41. The van der Waals surface area contributed by atoms with Crippen molar-refractivity contribution in [3.05, 3.63) is 59.7 Å². The molecule has 20 heavy (non-hydrogen) atoms. The van der Waals surface area contributed by atoms with Crippen molar-refractivity contribution in [2.24, 2.45) is 0 Å². The zero-order valence-corrected chi connectivity index (χ0v) is 11.5. The third-order valence-electron chi connectivity index (χ3n) is 2.79. The summed E-state index contributed by atoms with van der Waals surface area (Å²) in [5.74, 6) is -1.18. The molecule has 0 radical (unpaired) electrons. The molecule has 6 heteroatoms. The summed E-state index contributed by atoms with van der Waals surface area (Å²) < 4.78 is 26.8. The van der Waals surface area contributed by atoms with E-state index < -0.39 is 16.0 Å². The van der Waals surface area contributed by atoms with Crippen molar-refractivity contribution in [2.75, 3.05) is 4.72 Å². The van der Waals surface area contributed by atoms with Crippen LogP contribution in [0.1, 0.15) is 15.9 Å². The normalized spacial score (nSPS) is 11.1. The summed E-state index contributed by atoms with van der Waals surface area (Å²) in [4.78, 5) is 11.2. The van der Waals surface area contributed by atoms with Crippen molar-refractivity contribution in [3.8, 4) is 0 Å². The zero-order chi connectivity index (χ0) is 14.8. The van der Waals surface area contributed by atoms with Gasteiger partial charge >= 0.3 is 5.97 Å². The first-order valence-electron chi connectivity index (χ1n) is 5.82. The number of benzene rings is 2. The minimum Gasteiger partial charge on any atom is -0.478 e. The Hall–Kier alpha value is -2.34. The van der Waals surface area contributed by atoms with Gasteiger partial charge in [0.05, 0.1) is 16.1 Å². The molecule has 0 fully saturated rings. The number of anilines is 1. The second-order valence-corrected chi connectivity index (χ2v) is 5.90. The Bertz CT molecular complexity index is 739. The first-order valence-corrected chi connectivity index (χ1v) is 7.31. The second-order valence-electron chi connectivity index (χ2n) is 4.22. The minimum absolute atomic E-state index is 0.0792. The maximum absolute atomic E-state index is 12.2. The smallest absolute Gasteiger partial charge is 0.337 e. The summed E-state index contributed by atoms with van der Waals surface area (Å²) in [6.07, 6.45) is 0. The Morgan fingerprint density at radius 1 is 1.05 bits per heavy atom. The fourth-order valence-electron chi connectivity index (χ4n) is 1.77. The largest absolute Gasteiger partial charge is 0.478 e. The van der Waals surface area contributed by atoms with Crippen LogP contribution in [0.25, 0.3) is 0 Å². The molecule has 0 atom stereocenters. The number of aryl methyl sites for hydroxylation is 1. The van der Waals surface area contributed by atoms with Crippen LogP contribution in [0.15, 0.2) is 53.4 Å². The van der Waals surface area contributed by atoms with Crippen molar-refractivity contribution in [2.45, 2.75) is 11.8 Å². The van der Waals surface area contributed by atoms with Gasteiger partial charge in [0.25, 0.3) is 10.0 Å². The zero-order valence-electron chi connectivity index (χ0n) is 10.7. The standard InChI is InChI=1S/C14H13NO4S/c1-10-6-5-9-12(14(16)17)13(10)15-20(18,19)11-7-3-2-4-8-11/h2-9,15H,1H3,(H,16,17). The quantitative estimate of drug-likeness (QED) is 0.906. The van der Waals surface area contributed by atoms with Crippen molar-refractivity contribution >= 4 is 21.7 Å². The molecular weight excluding hydrogens is 278 g/mol.